The van der Waals surface area contributed by atoms with Crippen molar-refractivity contribution >= 4 is 5.91 Å². The Labute approximate surface area is 141 Å². The number of aryl methyl sites for hydroxylation is 2. The Morgan fingerprint density at radius 1 is 1.21 bits per heavy atom. The molecule has 1 aliphatic heterocycles. The molecule has 2 N–H and O–H groups in total. The topological polar surface area (TPSA) is 80.0 Å². The summed E-state index contributed by atoms with van der Waals surface area (Å²) in [4.78, 5) is 12.0. The van der Waals surface area contributed by atoms with E-state index in [1.165, 1.54) is 19.3 Å². The summed E-state index contributed by atoms with van der Waals surface area (Å²) in [5, 5.41) is 21.4. The van der Waals surface area contributed by atoms with Gasteiger partial charge in [-0.15, -0.1) is 10.2 Å². The molecule has 1 aliphatic rings. The lowest BCUT2D eigenvalue weighted by atomic mass is 10.1. The number of nitrogens with zero attached hydrogens (tertiary/aromatic N) is 3. The SMILES string of the molecule is O=C(NCCCc1nnc2n1CCCCC2)C(O)c1ccccc1. The molecule has 2 aromatic rings. The summed E-state index contributed by atoms with van der Waals surface area (Å²) in [6, 6.07) is 8.97. The first-order valence-corrected chi connectivity index (χ1v) is 8.67. The molecule has 0 radical (unpaired) electrons. The average molecular weight is 328 g/mol. The van der Waals surface area contributed by atoms with Gasteiger partial charge in [0.25, 0.3) is 5.91 Å². The van der Waals surface area contributed by atoms with Crippen LogP contribution in [0.4, 0.5) is 0 Å². The van der Waals surface area contributed by atoms with Crippen molar-refractivity contribution in [3.05, 3.63) is 47.5 Å². The minimum absolute atomic E-state index is 0.360. The van der Waals surface area contributed by atoms with Crippen molar-refractivity contribution < 1.29 is 9.90 Å². The number of nitrogens with one attached hydrogen (secondary N) is 1. The number of fused-ring (bicyclic) bond motifs is 1. The highest BCUT2D eigenvalue weighted by Crippen LogP contribution is 2.15. The van der Waals surface area contributed by atoms with E-state index < -0.39 is 6.10 Å². The Kier molecular flexibility index (Phi) is 5.59. The third-order valence-electron chi connectivity index (χ3n) is 4.43. The summed E-state index contributed by atoms with van der Waals surface area (Å²) in [6.45, 7) is 1.52. The summed E-state index contributed by atoms with van der Waals surface area (Å²) in [5.41, 5.74) is 0.609. The predicted molar refractivity (Wildman–Crippen MR) is 90.3 cm³/mol. The lowest BCUT2D eigenvalue weighted by molar-refractivity contribution is -0.129. The van der Waals surface area contributed by atoms with Gasteiger partial charge in [0, 0.05) is 25.9 Å². The highest BCUT2D eigenvalue weighted by atomic mass is 16.3. The summed E-state index contributed by atoms with van der Waals surface area (Å²) >= 11 is 0. The quantitative estimate of drug-likeness (QED) is 0.792. The molecular weight excluding hydrogens is 304 g/mol. The second-order valence-electron chi connectivity index (χ2n) is 6.20. The number of hydrogen-bond donors (Lipinski definition) is 2. The highest BCUT2D eigenvalue weighted by Gasteiger charge is 2.17. The van der Waals surface area contributed by atoms with Crippen LogP contribution in [0.25, 0.3) is 0 Å². The first-order chi connectivity index (χ1) is 11.8. The zero-order valence-corrected chi connectivity index (χ0v) is 13.8. The summed E-state index contributed by atoms with van der Waals surface area (Å²) < 4.78 is 2.23. The number of aliphatic hydroxyl groups is 1. The minimum Gasteiger partial charge on any atom is -0.378 e. The number of rotatable bonds is 6. The Bertz CT molecular complexity index is 669. The molecule has 0 saturated heterocycles. The number of carbonyl (C=O) groups is 1. The van der Waals surface area contributed by atoms with Gasteiger partial charge in [-0.1, -0.05) is 36.8 Å². The molecule has 3 rings (SSSR count). The summed E-state index contributed by atoms with van der Waals surface area (Å²) in [5.74, 6) is 1.73. The van der Waals surface area contributed by atoms with Gasteiger partial charge >= 0.3 is 0 Å². The molecule has 0 saturated carbocycles. The Morgan fingerprint density at radius 3 is 2.88 bits per heavy atom. The number of carbonyl (C=O) groups excluding carboxylic acids is 1. The van der Waals surface area contributed by atoms with Crippen LogP contribution in [0.5, 0.6) is 0 Å². The zero-order chi connectivity index (χ0) is 16.8. The maximum Gasteiger partial charge on any atom is 0.253 e. The fourth-order valence-electron chi connectivity index (χ4n) is 3.07. The van der Waals surface area contributed by atoms with E-state index in [2.05, 4.69) is 20.1 Å². The Morgan fingerprint density at radius 2 is 2.04 bits per heavy atom. The molecule has 1 atom stereocenters. The molecule has 1 unspecified atom stereocenters. The van der Waals surface area contributed by atoms with E-state index in [0.717, 1.165) is 37.5 Å². The number of aliphatic hydroxyl groups excluding tert-OH is 1. The largest absolute Gasteiger partial charge is 0.378 e. The Hall–Kier alpha value is -2.21. The van der Waals surface area contributed by atoms with Gasteiger partial charge < -0.3 is 15.0 Å². The fraction of sp³-hybridized carbons (Fsp3) is 0.500. The lowest BCUT2D eigenvalue weighted by Crippen LogP contribution is -2.30. The lowest BCUT2D eigenvalue weighted by Gasteiger charge is -2.11. The van der Waals surface area contributed by atoms with Gasteiger partial charge in [0.2, 0.25) is 0 Å². The zero-order valence-electron chi connectivity index (χ0n) is 13.8. The molecule has 128 valence electrons. The van der Waals surface area contributed by atoms with Gasteiger partial charge in [-0.05, 0) is 24.8 Å². The van der Waals surface area contributed by atoms with Gasteiger partial charge in [-0.3, -0.25) is 4.79 Å². The van der Waals surface area contributed by atoms with Crippen LogP contribution in [0.2, 0.25) is 0 Å². The van der Waals surface area contributed by atoms with E-state index in [-0.39, 0.29) is 5.91 Å². The van der Waals surface area contributed by atoms with Crippen LogP contribution in [0.3, 0.4) is 0 Å². The van der Waals surface area contributed by atoms with Crippen LogP contribution in [0.1, 0.15) is 49.0 Å². The second kappa shape index (κ2) is 8.06. The predicted octanol–water partition coefficient (Wildman–Crippen LogP) is 1.79. The molecule has 6 nitrogen and oxygen atoms in total. The number of amides is 1. The van der Waals surface area contributed by atoms with Crippen LogP contribution in [0.15, 0.2) is 30.3 Å². The minimum atomic E-state index is -1.12. The standard InChI is InChI=1S/C18H24N4O2/c23-17(14-8-3-1-4-9-14)18(24)19-12-7-11-16-21-20-15-10-5-2-6-13-22(15)16/h1,3-4,8-9,17,23H,2,5-7,10-13H2,(H,19,24). The molecular formula is C18H24N4O2. The first kappa shape index (κ1) is 16.6. The number of aromatic nitrogens is 3. The molecule has 0 bridgehead atoms. The van der Waals surface area contributed by atoms with Gasteiger partial charge in [0.1, 0.15) is 11.6 Å². The van der Waals surface area contributed by atoms with Crippen molar-refractivity contribution in [3.8, 4) is 0 Å². The van der Waals surface area contributed by atoms with Crippen molar-refractivity contribution in [1.82, 2.24) is 20.1 Å². The number of hydrogen-bond acceptors (Lipinski definition) is 4. The third kappa shape index (κ3) is 4.00. The summed E-state index contributed by atoms with van der Waals surface area (Å²) in [6.07, 6.45) is 5.07. The van der Waals surface area contributed by atoms with Gasteiger partial charge in [0.05, 0.1) is 0 Å². The van der Waals surface area contributed by atoms with Crippen molar-refractivity contribution in [2.24, 2.45) is 0 Å². The van der Waals surface area contributed by atoms with Crippen LogP contribution >= 0.6 is 0 Å². The van der Waals surface area contributed by atoms with Crippen LogP contribution in [-0.4, -0.2) is 32.3 Å². The van der Waals surface area contributed by atoms with E-state index in [4.69, 9.17) is 0 Å². The summed E-state index contributed by atoms with van der Waals surface area (Å²) in [7, 11) is 0. The van der Waals surface area contributed by atoms with Crippen molar-refractivity contribution in [1.29, 1.82) is 0 Å². The smallest absolute Gasteiger partial charge is 0.253 e. The average Bonchev–Trinajstić information content (AvgIpc) is 2.85. The van der Waals surface area contributed by atoms with Crippen LogP contribution < -0.4 is 5.32 Å². The second-order valence-corrected chi connectivity index (χ2v) is 6.20. The highest BCUT2D eigenvalue weighted by molar-refractivity contribution is 5.81. The molecule has 0 aliphatic carbocycles. The van der Waals surface area contributed by atoms with E-state index >= 15 is 0 Å². The number of benzene rings is 1. The van der Waals surface area contributed by atoms with Gasteiger partial charge in [-0.25, -0.2) is 0 Å². The van der Waals surface area contributed by atoms with Gasteiger partial charge in [0.15, 0.2) is 6.10 Å². The molecule has 1 amide bonds. The molecule has 0 fully saturated rings. The molecule has 6 heteroatoms. The van der Waals surface area contributed by atoms with Crippen molar-refractivity contribution in [3.63, 3.8) is 0 Å². The maximum absolute atomic E-state index is 12.0. The molecule has 2 heterocycles. The van der Waals surface area contributed by atoms with E-state index in [1.807, 2.05) is 18.2 Å². The normalized spacial score (nSPS) is 15.4. The van der Waals surface area contributed by atoms with Crippen molar-refractivity contribution in [2.45, 2.75) is 51.2 Å². The van der Waals surface area contributed by atoms with E-state index in [0.29, 0.717) is 12.1 Å². The van der Waals surface area contributed by atoms with Gasteiger partial charge in [-0.2, -0.15) is 0 Å². The molecule has 1 aromatic heterocycles. The van der Waals surface area contributed by atoms with E-state index in [1.54, 1.807) is 12.1 Å². The van der Waals surface area contributed by atoms with Crippen LogP contribution in [0, 0.1) is 0 Å². The molecule has 1 aromatic carbocycles. The van der Waals surface area contributed by atoms with E-state index in [9.17, 15) is 9.90 Å². The third-order valence-corrected chi connectivity index (χ3v) is 4.43. The fourth-order valence-corrected chi connectivity index (χ4v) is 3.07. The molecule has 0 spiro atoms. The first-order valence-electron chi connectivity index (χ1n) is 8.67. The monoisotopic (exact) mass is 328 g/mol. The maximum atomic E-state index is 12.0. The Balaban J connectivity index is 1.46. The van der Waals surface area contributed by atoms with Crippen LogP contribution in [-0.2, 0) is 24.2 Å². The molecule has 24 heavy (non-hydrogen) atoms. The van der Waals surface area contributed by atoms with Crippen molar-refractivity contribution in [2.75, 3.05) is 6.54 Å².